The fourth-order valence-electron chi connectivity index (χ4n) is 6.43. The van der Waals surface area contributed by atoms with E-state index in [1.165, 1.54) is 0 Å². The highest BCUT2D eigenvalue weighted by atomic mass is 32.2. The van der Waals surface area contributed by atoms with E-state index in [0.717, 1.165) is 18.4 Å². The van der Waals surface area contributed by atoms with Gasteiger partial charge in [-0.1, -0.05) is 54.6 Å². The predicted molar refractivity (Wildman–Crippen MR) is 145 cm³/mol. The molecule has 5 rings (SSSR count). The van der Waals surface area contributed by atoms with Crippen LogP contribution in [0.25, 0.3) is 0 Å². The van der Waals surface area contributed by atoms with Crippen LogP contribution in [-0.2, 0) is 20.9 Å². The largest absolute Gasteiger partial charge is 0.396 e. The van der Waals surface area contributed by atoms with E-state index < -0.39 is 22.6 Å². The van der Waals surface area contributed by atoms with Gasteiger partial charge < -0.3 is 19.8 Å². The zero-order valence-corrected chi connectivity index (χ0v) is 22.5. The normalized spacial score (nSPS) is 31.0. The molecule has 0 aliphatic carbocycles. The number of thioether (sulfide) groups is 1. The van der Waals surface area contributed by atoms with Gasteiger partial charge in [0, 0.05) is 44.1 Å². The van der Waals surface area contributed by atoms with Crippen LogP contribution in [0, 0.1) is 11.8 Å². The minimum absolute atomic E-state index is 0.00623. The average molecular weight is 524 g/mol. The van der Waals surface area contributed by atoms with Crippen molar-refractivity contribution in [2.45, 2.75) is 61.7 Å². The number of fused-ring (bicyclic) bond motifs is 2. The number of benzene rings is 1. The molecule has 2 saturated heterocycles. The highest BCUT2D eigenvalue weighted by Crippen LogP contribution is 2.61. The second kappa shape index (κ2) is 10.7. The number of carbonyl (C=O) groups is 3. The van der Waals surface area contributed by atoms with Crippen LogP contribution >= 0.6 is 11.8 Å². The molecule has 0 radical (unpaired) electrons. The number of amides is 3. The predicted octanol–water partition coefficient (Wildman–Crippen LogP) is 2.85. The second-order valence-corrected chi connectivity index (χ2v) is 12.3. The molecule has 0 aromatic heterocycles. The van der Waals surface area contributed by atoms with Gasteiger partial charge in [-0.25, -0.2) is 0 Å². The monoisotopic (exact) mass is 523 g/mol. The van der Waals surface area contributed by atoms with E-state index in [1.807, 2.05) is 66.1 Å². The summed E-state index contributed by atoms with van der Waals surface area (Å²) in [6.07, 6.45) is 10.4. The summed E-state index contributed by atoms with van der Waals surface area (Å²) < 4.78 is -0.764. The minimum atomic E-state index is -0.764. The van der Waals surface area contributed by atoms with E-state index in [2.05, 4.69) is 12.2 Å². The first-order chi connectivity index (χ1) is 17.9. The van der Waals surface area contributed by atoms with Crippen LogP contribution in [0.1, 0.15) is 38.7 Å². The van der Waals surface area contributed by atoms with Gasteiger partial charge in [0.05, 0.1) is 16.6 Å². The van der Waals surface area contributed by atoms with Gasteiger partial charge in [0.25, 0.3) is 0 Å². The van der Waals surface area contributed by atoms with E-state index >= 15 is 0 Å². The van der Waals surface area contributed by atoms with Crippen molar-refractivity contribution in [1.29, 1.82) is 0 Å². The van der Waals surface area contributed by atoms with Crippen LogP contribution in [0.15, 0.2) is 54.6 Å². The van der Waals surface area contributed by atoms with Crippen molar-refractivity contribution in [3.8, 4) is 0 Å². The highest BCUT2D eigenvalue weighted by molar-refractivity contribution is 8.02. The molecule has 8 heteroatoms. The third kappa shape index (κ3) is 4.52. The molecule has 3 amide bonds. The molecule has 1 spiro atoms. The second-order valence-electron chi connectivity index (χ2n) is 10.8. The maximum atomic E-state index is 14.2. The number of unbranched alkanes of at least 4 members (excludes halogenated alkanes) is 2. The molecule has 1 unspecified atom stereocenters. The number of carbonyl (C=O) groups excluding carboxylic acids is 3. The number of nitrogens with zero attached hydrogens (tertiary/aromatic N) is 3. The van der Waals surface area contributed by atoms with E-state index in [-0.39, 0.29) is 35.6 Å². The third-order valence-electron chi connectivity index (χ3n) is 8.17. The lowest BCUT2D eigenvalue weighted by Crippen LogP contribution is -2.54. The highest BCUT2D eigenvalue weighted by Gasteiger charge is 2.70. The number of aliphatic hydroxyl groups excluding tert-OH is 1. The molecule has 2 fully saturated rings. The summed E-state index contributed by atoms with van der Waals surface area (Å²) in [5, 5.41) is 9.07. The molecule has 1 aromatic carbocycles. The van der Waals surface area contributed by atoms with Gasteiger partial charge in [0.2, 0.25) is 17.7 Å². The van der Waals surface area contributed by atoms with Crippen LogP contribution in [-0.4, -0.2) is 85.8 Å². The molecule has 4 aliphatic heterocycles. The lowest BCUT2D eigenvalue weighted by Gasteiger charge is -2.36. The molecule has 0 bridgehead atoms. The lowest BCUT2D eigenvalue weighted by molar-refractivity contribution is -0.145. The molecule has 4 heterocycles. The fraction of sp³-hybridized carbons (Fsp3) is 0.552. The van der Waals surface area contributed by atoms with Gasteiger partial charge in [0.1, 0.15) is 6.04 Å². The van der Waals surface area contributed by atoms with E-state index in [9.17, 15) is 19.5 Å². The third-order valence-corrected chi connectivity index (χ3v) is 9.91. The average Bonchev–Trinajstić information content (AvgIpc) is 3.19. The molecule has 37 heavy (non-hydrogen) atoms. The minimum Gasteiger partial charge on any atom is -0.396 e. The Labute approximate surface area is 223 Å². The summed E-state index contributed by atoms with van der Waals surface area (Å²) in [6.45, 7) is 6.10. The molecule has 4 aliphatic rings. The van der Waals surface area contributed by atoms with E-state index in [1.54, 1.807) is 16.7 Å². The summed E-state index contributed by atoms with van der Waals surface area (Å²) >= 11 is 1.63. The van der Waals surface area contributed by atoms with Gasteiger partial charge in [-0.05, 0) is 38.7 Å². The molecule has 1 aromatic rings. The Morgan fingerprint density at radius 3 is 2.51 bits per heavy atom. The van der Waals surface area contributed by atoms with Crippen LogP contribution in [0.2, 0.25) is 0 Å². The molecule has 0 saturated carbocycles. The first kappa shape index (κ1) is 26.0. The molecular formula is C29H37N3O4S. The number of hydrogen-bond acceptors (Lipinski definition) is 5. The van der Waals surface area contributed by atoms with Crippen molar-refractivity contribution in [2.75, 3.05) is 26.2 Å². The quantitative estimate of drug-likeness (QED) is 0.419. The summed E-state index contributed by atoms with van der Waals surface area (Å²) in [5.41, 5.74) is 1.06. The summed E-state index contributed by atoms with van der Waals surface area (Å²) in [4.78, 5) is 47.8. The number of likely N-dealkylation sites (tertiary alicyclic amines) is 1. The first-order valence-corrected chi connectivity index (χ1v) is 14.3. The Bertz CT molecular complexity index is 1090. The van der Waals surface area contributed by atoms with Gasteiger partial charge in [-0.2, -0.15) is 0 Å². The Morgan fingerprint density at radius 1 is 1.00 bits per heavy atom. The zero-order valence-electron chi connectivity index (χ0n) is 21.7. The Balaban J connectivity index is 1.51. The van der Waals surface area contributed by atoms with Crippen molar-refractivity contribution < 1.29 is 19.5 Å². The SMILES string of the molecule is CC(C)N1CC=C[C@]23S[C@H]4C=CCN(Cc5ccccc5)C(=O)[C@H]4[C@H]2C(=O)N(CCCCCO)C3C1=O. The molecule has 7 nitrogen and oxygen atoms in total. The smallest absolute Gasteiger partial charge is 0.247 e. The summed E-state index contributed by atoms with van der Waals surface area (Å²) in [5.74, 6) is -1.20. The summed E-state index contributed by atoms with van der Waals surface area (Å²) in [7, 11) is 0. The maximum absolute atomic E-state index is 14.2. The topological polar surface area (TPSA) is 81.2 Å². The standard InChI is InChI=1S/C29H37N3O4S/c1-20(2)31-17-10-14-29-24(27(35)32(25(29)28(31)36)16-7-4-8-18-33)23-22(37-29)13-9-15-30(26(23)34)19-21-11-5-3-6-12-21/h3,5-6,9-14,20,22-25,33H,4,7-8,15-19H2,1-2H3/t22-,23+,24-,25?,29-/m0/s1. The Hall–Kier alpha value is -2.58. The molecule has 1 N–H and O–H groups in total. The van der Waals surface area contributed by atoms with Crippen molar-refractivity contribution in [2.24, 2.45) is 11.8 Å². The fourth-order valence-corrected chi connectivity index (χ4v) is 8.43. The maximum Gasteiger partial charge on any atom is 0.247 e. The summed E-state index contributed by atoms with van der Waals surface area (Å²) in [6, 6.07) is 9.32. The van der Waals surface area contributed by atoms with Crippen LogP contribution in [0.3, 0.4) is 0 Å². The van der Waals surface area contributed by atoms with Crippen molar-refractivity contribution in [3.05, 3.63) is 60.2 Å². The van der Waals surface area contributed by atoms with Gasteiger partial charge in [-0.3, -0.25) is 14.4 Å². The Kier molecular flexibility index (Phi) is 7.50. The number of rotatable bonds is 8. The van der Waals surface area contributed by atoms with E-state index in [0.29, 0.717) is 32.6 Å². The van der Waals surface area contributed by atoms with Gasteiger partial charge >= 0.3 is 0 Å². The van der Waals surface area contributed by atoms with Crippen LogP contribution < -0.4 is 0 Å². The number of hydrogen-bond donors (Lipinski definition) is 1. The van der Waals surface area contributed by atoms with Crippen molar-refractivity contribution in [1.82, 2.24) is 14.7 Å². The first-order valence-electron chi connectivity index (χ1n) is 13.5. The van der Waals surface area contributed by atoms with Crippen LogP contribution in [0.4, 0.5) is 0 Å². The Morgan fingerprint density at radius 2 is 1.78 bits per heavy atom. The van der Waals surface area contributed by atoms with Gasteiger partial charge in [-0.15, -0.1) is 11.8 Å². The zero-order chi connectivity index (χ0) is 26.2. The van der Waals surface area contributed by atoms with Crippen molar-refractivity contribution in [3.63, 3.8) is 0 Å². The molecular weight excluding hydrogens is 486 g/mol. The molecule has 5 atom stereocenters. The van der Waals surface area contributed by atoms with E-state index in [4.69, 9.17) is 0 Å². The van der Waals surface area contributed by atoms with Crippen molar-refractivity contribution >= 4 is 29.5 Å². The van der Waals surface area contributed by atoms with Gasteiger partial charge in [0.15, 0.2) is 0 Å². The number of aliphatic hydroxyl groups is 1. The molecule has 198 valence electrons. The lowest BCUT2D eigenvalue weighted by atomic mass is 9.78. The van der Waals surface area contributed by atoms with Crippen LogP contribution in [0.5, 0.6) is 0 Å².